The summed E-state index contributed by atoms with van der Waals surface area (Å²) in [6, 6.07) is -0.476. The first-order chi connectivity index (χ1) is 17.4. The Balaban J connectivity index is 1.19. The van der Waals surface area contributed by atoms with Crippen molar-refractivity contribution >= 4 is 5.97 Å². The third-order valence-corrected chi connectivity index (χ3v) is 12.0. The second-order valence-corrected chi connectivity index (χ2v) is 13.8. The van der Waals surface area contributed by atoms with Gasteiger partial charge in [0, 0.05) is 30.0 Å². The molecule has 0 aromatic rings. The van der Waals surface area contributed by atoms with E-state index in [4.69, 9.17) is 4.74 Å². The van der Waals surface area contributed by atoms with Crippen molar-refractivity contribution < 1.29 is 24.9 Å². The van der Waals surface area contributed by atoms with Crippen molar-refractivity contribution in [3.05, 3.63) is 0 Å². The lowest BCUT2D eigenvalue weighted by Gasteiger charge is -2.68. The molecule has 2 aliphatic heterocycles. The van der Waals surface area contributed by atoms with Gasteiger partial charge in [0.25, 0.3) is 0 Å². The number of aliphatic carboxylic acids is 1. The minimum absolute atomic E-state index is 0.0813. The highest BCUT2D eigenvalue weighted by Crippen LogP contribution is 2.69. The standard InChI is InChI=1S/C29H46N2O5/c32-22-9-8-19-15-23-29(35)11-10-20(30-21(27(33)34)14-17-4-2-1-3-5-17)26-28(29,24(19)25(22)36-26)12-13-31(23)16-18-6-7-18/h17-26,30,32,35H,1-16H2,(H,33,34)/t19?,20-,21+,22?,23?,24?,25?,26+,28+,29-/m1/s1. The summed E-state index contributed by atoms with van der Waals surface area (Å²) in [5.41, 5.74) is -1.19. The summed E-state index contributed by atoms with van der Waals surface area (Å²) in [6.07, 6.45) is 13.5. The van der Waals surface area contributed by atoms with Crippen LogP contribution < -0.4 is 5.32 Å². The van der Waals surface area contributed by atoms with Crippen LogP contribution in [0.1, 0.15) is 89.9 Å². The minimum Gasteiger partial charge on any atom is -0.480 e. The van der Waals surface area contributed by atoms with Gasteiger partial charge < -0.3 is 20.1 Å². The number of rotatable bonds is 7. The van der Waals surface area contributed by atoms with Gasteiger partial charge in [0.1, 0.15) is 6.04 Å². The quantitative estimate of drug-likeness (QED) is 0.425. The summed E-state index contributed by atoms with van der Waals surface area (Å²) in [5.74, 6) is 1.18. The third kappa shape index (κ3) is 3.59. The SMILES string of the molecule is O=C(O)[C@H](CC1CCCCC1)N[C@@H]1CC[C@@]2(O)C3CC4CCC(O)C5O[C@@H]1[C@]2(CCN3CC1CC1)C45. The van der Waals surface area contributed by atoms with Gasteiger partial charge in [-0.2, -0.15) is 0 Å². The van der Waals surface area contributed by atoms with Gasteiger partial charge in [-0.15, -0.1) is 0 Å². The number of likely N-dealkylation sites (tertiary alicyclic amines) is 1. The van der Waals surface area contributed by atoms with Crippen LogP contribution in [0.25, 0.3) is 0 Å². The van der Waals surface area contributed by atoms with Crippen molar-refractivity contribution in [3.8, 4) is 0 Å². The molecule has 5 unspecified atom stereocenters. The van der Waals surface area contributed by atoms with Crippen molar-refractivity contribution in [2.75, 3.05) is 13.1 Å². The molecule has 5 saturated carbocycles. The van der Waals surface area contributed by atoms with E-state index < -0.39 is 23.7 Å². The lowest BCUT2D eigenvalue weighted by molar-refractivity contribution is -0.261. The number of hydrogen-bond acceptors (Lipinski definition) is 6. The number of hydrogen-bond donors (Lipinski definition) is 4. The van der Waals surface area contributed by atoms with Crippen LogP contribution in [-0.4, -0.2) is 81.3 Å². The van der Waals surface area contributed by atoms with E-state index in [9.17, 15) is 20.1 Å². The number of carboxylic acids is 1. The summed E-state index contributed by atoms with van der Waals surface area (Å²) < 4.78 is 6.83. The second kappa shape index (κ2) is 8.90. The lowest BCUT2D eigenvalue weighted by atomic mass is 9.42. The van der Waals surface area contributed by atoms with Crippen molar-refractivity contribution in [2.45, 2.75) is 132 Å². The maximum Gasteiger partial charge on any atom is 0.320 e. The number of piperidine rings is 1. The molecule has 7 rings (SSSR count). The molecule has 36 heavy (non-hydrogen) atoms. The van der Waals surface area contributed by atoms with E-state index in [2.05, 4.69) is 10.2 Å². The monoisotopic (exact) mass is 502 g/mol. The molecule has 2 saturated heterocycles. The summed E-state index contributed by atoms with van der Waals surface area (Å²) in [5, 5.41) is 37.5. The molecule has 7 fully saturated rings. The first kappa shape index (κ1) is 24.3. The zero-order valence-electron chi connectivity index (χ0n) is 21.7. The maximum absolute atomic E-state index is 12.7. The molecule has 4 N–H and O–H groups in total. The Bertz CT molecular complexity index is 861. The van der Waals surface area contributed by atoms with E-state index in [-0.39, 0.29) is 35.6 Å². The van der Waals surface area contributed by atoms with Crippen LogP contribution in [0.4, 0.5) is 0 Å². The van der Waals surface area contributed by atoms with Gasteiger partial charge in [0.15, 0.2) is 0 Å². The van der Waals surface area contributed by atoms with Gasteiger partial charge in [-0.1, -0.05) is 32.1 Å². The Kier molecular flexibility index (Phi) is 6.02. The van der Waals surface area contributed by atoms with Crippen molar-refractivity contribution in [2.24, 2.45) is 29.1 Å². The van der Waals surface area contributed by atoms with E-state index in [0.29, 0.717) is 24.7 Å². The summed E-state index contributed by atoms with van der Waals surface area (Å²) in [4.78, 5) is 15.0. The predicted octanol–water partition coefficient (Wildman–Crippen LogP) is 2.92. The van der Waals surface area contributed by atoms with E-state index in [0.717, 1.165) is 64.0 Å². The fourth-order valence-electron chi connectivity index (χ4n) is 10.3. The molecule has 10 atom stereocenters. The molecule has 202 valence electrons. The Morgan fingerprint density at radius 2 is 1.83 bits per heavy atom. The fraction of sp³-hybridized carbons (Fsp3) is 0.966. The number of aliphatic hydroxyl groups is 2. The van der Waals surface area contributed by atoms with Crippen molar-refractivity contribution in [1.29, 1.82) is 0 Å². The van der Waals surface area contributed by atoms with Gasteiger partial charge in [-0.05, 0) is 82.1 Å². The van der Waals surface area contributed by atoms with Crippen LogP contribution in [0, 0.1) is 29.1 Å². The first-order valence-corrected chi connectivity index (χ1v) is 15.2. The van der Waals surface area contributed by atoms with Gasteiger partial charge in [-0.3, -0.25) is 15.0 Å². The summed E-state index contributed by atoms with van der Waals surface area (Å²) >= 11 is 0. The fourth-order valence-corrected chi connectivity index (χ4v) is 10.3. The highest BCUT2D eigenvalue weighted by Gasteiger charge is 2.77. The van der Waals surface area contributed by atoms with Gasteiger partial charge in [-0.25, -0.2) is 0 Å². The molecular weight excluding hydrogens is 456 g/mol. The molecule has 0 radical (unpaired) electrons. The minimum atomic E-state index is -0.807. The average molecular weight is 503 g/mol. The molecule has 5 aliphatic carbocycles. The van der Waals surface area contributed by atoms with E-state index in [1.54, 1.807) is 0 Å². The molecule has 7 aliphatic rings. The topological polar surface area (TPSA) is 102 Å². The molecule has 0 aromatic carbocycles. The Hall–Kier alpha value is -0.730. The zero-order chi connectivity index (χ0) is 24.7. The average Bonchev–Trinajstić information content (AvgIpc) is 3.61. The Labute approximate surface area is 215 Å². The van der Waals surface area contributed by atoms with Gasteiger partial charge >= 0.3 is 5.97 Å². The molecular formula is C29H46N2O5. The third-order valence-electron chi connectivity index (χ3n) is 12.0. The van der Waals surface area contributed by atoms with Crippen LogP contribution in [0.5, 0.6) is 0 Å². The number of carbonyl (C=O) groups is 1. The maximum atomic E-state index is 12.7. The van der Waals surface area contributed by atoms with Gasteiger partial charge in [0.05, 0.1) is 23.9 Å². The van der Waals surface area contributed by atoms with E-state index >= 15 is 0 Å². The summed E-state index contributed by atoms with van der Waals surface area (Å²) in [7, 11) is 0. The highest BCUT2D eigenvalue weighted by molar-refractivity contribution is 5.73. The number of aliphatic hydroxyl groups excluding tert-OH is 1. The van der Waals surface area contributed by atoms with Crippen LogP contribution in [0.2, 0.25) is 0 Å². The van der Waals surface area contributed by atoms with Crippen molar-refractivity contribution in [3.63, 3.8) is 0 Å². The highest BCUT2D eigenvalue weighted by atomic mass is 16.5. The molecule has 0 amide bonds. The normalized spacial score (nSPS) is 49.4. The molecule has 7 heteroatoms. The predicted molar refractivity (Wildman–Crippen MR) is 134 cm³/mol. The van der Waals surface area contributed by atoms with E-state index in [1.807, 2.05) is 0 Å². The molecule has 2 bridgehead atoms. The van der Waals surface area contributed by atoms with Crippen LogP contribution >= 0.6 is 0 Å². The molecule has 7 nitrogen and oxygen atoms in total. The van der Waals surface area contributed by atoms with Crippen LogP contribution in [0.15, 0.2) is 0 Å². The second-order valence-electron chi connectivity index (χ2n) is 13.8. The van der Waals surface area contributed by atoms with E-state index in [1.165, 1.54) is 32.1 Å². The largest absolute Gasteiger partial charge is 0.480 e. The number of carboxylic acid groups (broad SMARTS) is 1. The van der Waals surface area contributed by atoms with Gasteiger partial charge in [0.2, 0.25) is 0 Å². The Morgan fingerprint density at radius 1 is 1.03 bits per heavy atom. The van der Waals surface area contributed by atoms with Crippen LogP contribution in [-0.2, 0) is 9.53 Å². The zero-order valence-corrected chi connectivity index (χ0v) is 21.7. The first-order valence-electron chi connectivity index (χ1n) is 15.2. The molecule has 2 heterocycles. The molecule has 1 spiro atoms. The number of ether oxygens (including phenoxy) is 1. The smallest absolute Gasteiger partial charge is 0.320 e. The summed E-state index contributed by atoms with van der Waals surface area (Å²) in [6.45, 7) is 2.11. The lowest BCUT2D eigenvalue weighted by Crippen LogP contribution is -2.78. The van der Waals surface area contributed by atoms with Crippen molar-refractivity contribution in [1.82, 2.24) is 10.2 Å². The molecule has 0 aromatic heterocycles. The number of nitrogens with one attached hydrogen (secondary N) is 1. The number of nitrogens with zero attached hydrogens (tertiary/aromatic N) is 1. The van der Waals surface area contributed by atoms with Crippen LogP contribution in [0.3, 0.4) is 0 Å². The Morgan fingerprint density at radius 3 is 2.58 bits per heavy atom.